The normalized spacial score (nSPS) is 12.2. The summed E-state index contributed by atoms with van der Waals surface area (Å²) < 4.78 is 0. The van der Waals surface area contributed by atoms with Crippen molar-refractivity contribution in [2.45, 2.75) is 13.8 Å². The number of carbonyl (C=O) groups is 1. The molecule has 0 bridgehead atoms. The van der Waals surface area contributed by atoms with Crippen LogP contribution in [0.3, 0.4) is 0 Å². The molecule has 1 aromatic carbocycles. The zero-order valence-corrected chi connectivity index (χ0v) is 10.2. The lowest BCUT2D eigenvalue weighted by Gasteiger charge is -2.20. The van der Waals surface area contributed by atoms with Crippen molar-refractivity contribution in [3.63, 3.8) is 0 Å². The molecule has 0 aliphatic carbocycles. The smallest absolute Gasteiger partial charge is 0.253 e. The summed E-state index contributed by atoms with van der Waals surface area (Å²) in [4.78, 5) is 13.8. The lowest BCUT2D eigenvalue weighted by Crippen LogP contribution is -2.33. The minimum absolute atomic E-state index is 0.0593. The van der Waals surface area contributed by atoms with E-state index in [2.05, 4.69) is 0 Å². The van der Waals surface area contributed by atoms with Crippen LogP contribution in [0.25, 0.3) is 0 Å². The molecule has 0 heterocycles. The van der Waals surface area contributed by atoms with E-state index in [4.69, 9.17) is 5.73 Å². The third-order valence-electron chi connectivity index (χ3n) is 2.60. The summed E-state index contributed by atoms with van der Waals surface area (Å²) in [7, 11) is 1.82. The minimum Gasteiger partial charge on any atom is -0.341 e. The molecule has 3 nitrogen and oxygen atoms in total. The monoisotopic (exact) mass is 220 g/mol. The van der Waals surface area contributed by atoms with Gasteiger partial charge in [0.25, 0.3) is 5.91 Å². The van der Waals surface area contributed by atoms with Crippen LogP contribution in [0.1, 0.15) is 22.8 Å². The molecule has 3 heteroatoms. The molecule has 0 aliphatic rings. The summed E-state index contributed by atoms with van der Waals surface area (Å²) in [6.45, 7) is 5.33. The SMILES string of the molecule is Cc1cccc(C(=O)N(C)CC(C)CN)c1. The first-order valence-corrected chi connectivity index (χ1v) is 5.56. The fourth-order valence-corrected chi connectivity index (χ4v) is 1.62. The van der Waals surface area contributed by atoms with Gasteiger partial charge in [0.2, 0.25) is 0 Å². The molecule has 1 amide bonds. The van der Waals surface area contributed by atoms with Crippen molar-refractivity contribution in [1.82, 2.24) is 4.90 Å². The zero-order chi connectivity index (χ0) is 12.1. The molecular formula is C13H20N2O. The molecule has 1 unspecified atom stereocenters. The quantitative estimate of drug-likeness (QED) is 0.839. The van der Waals surface area contributed by atoms with Crippen LogP contribution in [0.4, 0.5) is 0 Å². The van der Waals surface area contributed by atoms with Gasteiger partial charge in [-0.3, -0.25) is 4.79 Å². The highest BCUT2D eigenvalue weighted by Gasteiger charge is 2.13. The fraction of sp³-hybridized carbons (Fsp3) is 0.462. The van der Waals surface area contributed by atoms with Crippen LogP contribution in [-0.4, -0.2) is 30.9 Å². The van der Waals surface area contributed by atoms with Gasteiger partial charge >= 0.3 is 0 Å². The molecule has 0 aliphatic heterocycles. The Bertz CT molecular complexity index is 363. The number of carbonyl (C=O) groups excluding carboxylic acids is 1. The van der Waals surface area contributed by atoms with Crippen LogP contribution in [0, 0.1) is 12.8 Å². The van der Waals surface area contributed by atoms with Gasteiger partial charge in [0.05, 0.1) is 0 Å². The van der Waals surface area contributed by atoms with Crippen LogP contribution < -0.4 is 5.73 Å². The molecule has 16 heavy (non-hydrogen) atoms. The largest absolute Gasteiger partial charge is 0.341 e. The molecule has 1 rings (SSSR count). The number of benzene rings is 1. The fourth-order valence-electron chi connectivity index (χ4n) is 1.62. The maximum absolute atomic E-state index is 12.0. The molecule has 0 radical (unpaired) electrons. The Morgan fingerprint density at radius 3 is 2.75 bits per heavy atom. The molecule has 88 valence electrons. The third-order valence-corrected chi connectivity index (χ3v) is 2.60. The van der Waals surface area contributed by atoms with Crippen LogP contribution >= 0.6 is 0 Å². The van der Waals surface area contributed by atoms with Gasteiger partial charge in [0.15, 0.2) is 0 Å². The van der Waals surface area contributed by atoms with E-state index in [9.17, 15) is 4.79 Å². The maximum atomic E-state index is 12.0. The number of nitrogens with zero attached hydrogens (tertiary/aromatic N) is 1. The van der Waals surface area contributed by atoms with Gasteiger partial charge in [0.1, 0.15) is 0 Å². The van der Waals surface area contributed by atoms with Crippen molar-refractivity contribution in [1.29, 1.82) is 0 Å². The van der Waals surface area contributed by atoms with Gasteiger partial charge in [-0.25, -0.2) is 0 Å². The number of nitrogens with two attached hydrogens (primary N) is 1. The zero-order valence-electron chi connectivity index (χ0n) is 10.2. The van der Waals surface area contributed by atoms with Gasteiger partial charge in [-0.1, -0.05) is 24.6 Å². The molecule has 1 aromatic rings. The number of hydrogen-bond donors (Lipinski definition) is 1. The summed E-state index contributed by atoms with van der Waals surface area (Å²) in [6, 6.07) is 7.65. The Morgan fingerprint density at radius 2 is 2.19 bits per heavy atom. The lowest BCUT2D eigenvalue weighted by molar-refractivity contribution is 0.0777. The first kappa shape index (κ1) is 12.7. The summed E-state index contributed by atoms with van der Waals surface area (Å²) in [5, 5.41) is 0. The van der Waals surface area contributed by atoms with Crippen molar-refractivity contribution in [3.05, 3.63) is 35.4 Å². The van der Waals surface area contributed by atoms with E-state index in [1.165, 1.54) is 0 Å². The van der Waals surface area contributed by atoms with E-state index in [1.807, 2.05) is 45.2 Å². The number of amides is 1. The molecule has 1 atom stereocenters. The van der Waals surface area contributed by atoms with Gasteiger partial charge < -0.3 is 10.6 Å². The second-order valence-electron chi connectivity index (χ2n) is 4.40. The molecule has 0 saturated heterocycles. The molecule has 2 N–H and O–H groups in total. The van der Waals surface area contributed by atoms with Crippen molar-refractivity contribution in [2.75, 3.05) is 20.1 Å². The Labute approximate surface area is 97.2 Å². The standard InChI is InChI=1S/C13H20N2O/c1-10-5-4-6-12(7-10)13(16)15(3)9-11(2)8-14/h4-7,11H,8-9,14H2,1-3H3. The predicted molar refractivity (Wildman–Crippen MR) is 66.4 cm³/mol. The van der Waals surface area contributed by atoms with E-state index >= 15 is 0 Å². The summed E-state index contributed by atoms with van der Waals surface area (Å²) >= 11 is 0. The van der Waals surface area contributed by atoms with Gasteiger partial charge in [-0.05, 0) is 31.5 Å². The van der Waals surface area contributed by atoms with E-state index in [-0.39, 0.29) is 5.91 Å². The Balaban J connectivity index is 2.70. The highest BCUT2D eigenvalue weighted by atomic mass is 16.2. The Morgan fingerprint density at radius 1 is 1.50 bits per heavy atom. The number of aryl methyl sites for hydroxylation is 1. The van der Waals surface area contributed by atoms with Gasteiger partial charge in [-0.15, -0.1) is 0 Å². The second kappa shape index (κ2) is 5.66. The molecule has 0 fully saturated rings. The number of rotatable bonds is 4. The summed E-state index contributed by atoms with van der Waals surface area (Å²) in [6.07, 6.45) is 0. The van der Waals surface area contributed by atoms with E-state index < -0.39 is 0 Å². The Kier molecular flexibility index (Phi) is 4.50. The van der Waals surface area contributed by atoms with Gasteiger partial charge in [-0.2, -0.15) is 0 Å². The van der Waals surface area contributed by atoms with Crippen molar-refractivity contribution in [3.8, 4) is 0 Å². The first-order valence-electron chi connectivity index (χ1n) is 5.56. The molecular weight excluding hydrogens is 200 g/mol. The predicted octanol–water partition coefficient (Wildman–Crippen LogP) is 1.66. The van der Waals surface area contributed by atoms with Crippen molar-refractivity contribution < 1.29 is 4.79 Å². The highest BCUT2D eigenvalue weighted by Crippen LogP contribution is 2.08. The average Bonchev–Trinajstić information content (AvgIpc) is 2.27. The van der Waals surface area contributed by atoms with Crippen LogP contribution in [0.2, 0.25) is 0 Å². The maximum Gasteiger partial charge on any atom is 0.253 e. The van der Waals surface area contributed by atoms with Crippen molar-refractivity contribution in [2.24, 2.45) is 11.7 Å². The first-order chi connectivity index (χ1) is 7.54. The van der Waals surface area contributed by atoms with Crippen LogP contribution in [0.5, 0.6) is 0 Å². The van der Waals surface area contributed by atoms with Gasteiger partial charge in [0, 0.05) is 19.2 Å². The van der Waals surface area contributed by atoms with E-state index in [1.54, 1.807) is 4.90 Å². The van der Waals surface area contributed by atoms with Crippen LogP contribution in [-0.2, 0) is 0 Å². The van der Waals surface area contributed by atoms with E-state index in [0.29, 0.717) is 19.0 Å². The topological polar surface area (TPSA) is 46.3 Å². The Hall–Kier alpha value is -1.35. The minimum atomic E-state index is 0.0593. The summed E-state index contributed by atoms with van der Waals surface area (Å²) in [5.74, 6) is 0.391. The molecule has 0 saturated carbocycles. The third kappa shape index (κ3) is 3.35. The lowest BCUT2D eigenvalue weighted by atomic mass is 10.1. The molecule has 0 aromatic heterocycles. The molecule has 0 spiro atoms. The van der Waals surface area contributed by atoms with Crippen LogP contribution in [0.15, 0.2) is 24.3 Å². The van der Waals surface area contributed by atoms with E-state index in [0.717, 1.165) is 11.1 Å². The highest BCUT2D eigenvalue weighted by molar-refractivity contribution is 5.94. The summed E-state index contributed by atoms with van der Waals surface area (Å²) in [5.41, 5.74) is 7.39. The van der Waals surface area contributed by atoms with Crippen molar-refractivity contribution >= 4 is 5.91 Å². The second-order valence-corrected chi connectivity index (χ2v) is 4.40. The average molecular weight is 220 g/mol. The number of hydrogen-bond acceptors (Lipinski definition) is 2.